The van der Waals surface area contributed by atoms with Gasteiger partial charge < -0.3 is 4.74 Å². The third-order valence-corrected chi connectivity index (χ3v) is 12.9. The molecule has 0 N–H and O–H groups in total. The maximum absolute atomic E-state index is 6.02. The fraction of sp³-hybridized carbons (Fsp3) is 0.933. The molecule has 0 aliphatic heterocycles. The molecule has 1 heteroatoms. The first-order valence-corrected chi connectivity index (χ1v) is 13.7. The molecule has 5 aliphatic carbocycles. The van der Waals surface area contributed by atoms with Crippen molar-refractivity contribution in [3.63, 3.8) is 0 Å². The lowest BCUT2D eigenvalue weighted by atomic mass is 9.37. The minimum Gasteiger partial charge on any atom is -0.381 e. The van der Waals surface area contributed by atoms with Crippen molar-refractivity contribution < 1.29 is 4.74 Å². The lowest BCUT2D eigenvalue weighted by Crippen LogP contribution is -2.60. The molecular weight excluding hydrogens is 376 g/mol. The van der Waals surface area contributed by atoms with Gasteiger partial charge in [-0.1, -0.05) is 60.1 Å². The Labute approximate surface area is 193 Å². The van der Waals surface area contributed by atoms with Crippen molar-refractivity contribution >= 4 is 0 Å². The highest BCUT2D eigenvalue weighted by Gasteiger charge is 2.65. The van der Waals surface area contributed by atoms with Crippen LogP contribution in [0.3, 0.4) is 0 Å². The second kappa shape index (κ2) is 7.10. The Morgan fingerprint density at radius 2 is 1.61 bits per heavy atom. The summed E-state index contributed by atoms with van der Waals surface area (Å²) in [5.41, 5.74) is 3.57. The van der Waals surface area contributed by atoms with Gasteiger partial charge in [-0.2, -0.15) is 0 Å². The van der Waals surface area contributed by atoms with Gasteiger partial charge in [0.2, 0.25) is 0 Å². The summed E-state index contributed by atoms with van der Waals surface area (Å²) in [5.74, 6) is 5.39. The molecule has 4 fully saturated rings. The molecule has 0 spiro atoms. The zero-order valence-electron chi connectivity index (χ0n) is 21.9. The average molecular weight is 427 g/mol. The molecule has 176 valence electrons. The monoisotopic (exact) mass is 426 g/mol. The fourth-order valence-electron chi connectivity index (χ4n) is 11.0. The standard InChI is InChI=1S/C30H50O/c1-19(2)20-9-10-22-21(20)13-17-30(7)24-11-12-25-27(3,4)26(31-8)15-16-28(25,5)23(24)14-18-29(22,30)6/h14,19-22,24-26H,9-13,15-18H2,1-8H3. The summed E-state index contributed by atoms with van der Waals surface area (Å²) in [4.78, 5) is 0. The fourth-order valence-corrected chi connectivity index (χ4v) is 11.0. The number of allylic oxidation sites excluding steroid dienone is 2. The van der Waals surface area contributed by atoms with Crippen molar-refractivity contribution in [3.05, 3.63) is 11.6 Å². The van der Waals surface area contributed by atoms with E-state index in [0.717, 1.165) is 35.5 Å². The zero-order chi connectivity index (χ0) is 22.4. The second-order valence-corrected chi connectivity index (χ2v) is 14.2. The average Bonchev–Trinajstić information content (AvgIpc) is 3.14. The van der Waals surface area contributed by atoms with E-state index in [1.807, 2.05) is 12.7 Å². The quantitative estimate of drug-likeness (QED) is 0.403. The first-order valence-electron chi connectivity index (χ1n) is 13.7. The van der Waals surface area contributed by atoms with Crippen LogP contribution in [0.15, 0.2) is 11.6 Å². The van der Waals surface area contributed by atoms with Crippen LogP contribution in [-0.4, -0.2) is 13.2 Å². The molecule has 31 heavy (non-hydrogen) atoms. The summed E-state index contributed by atoms with van der Waals surface area (Å²) in [7, 11) is 1.94. The Hall–Kier alpha value is -0.300. The van der Waals surface area contributed by atoms with Gasteiger partial charge in [-0.15, -0.1) is 0 Å². The van der Waals surface area contributed by atoms with E-state index >= 15 is 0 Å². The Bertz CT molecular complexity index is 748. The van der Waals surface area contributed by atoms with Crippen LogP contribution in [0.2, 0.25) is 0 Å². The summed E-state index contributed by atoms with van der Waals surface area (Å²) in [5, 5.41) is 0. The third-order valence-electron chi connectivity index (χ3n) is 12.9. The maximum Gasteiger partial charge on any atom is 0.0625 e. The Kier molecular flexibility index (Phi) is 5.15. The zero-order valence-corrected chi connectivity index (χ0v) is 21.9. The van der Waals surface area contributed by atoms with Gasteiger partial charge in [-0.05, 0) is 115 Å². The van der Waals surface area contributed by atoms with Crippen molar-refractivity contribution in [1.29, 1.82) is 0 Å². The SMILES string of the molecule is COC1CCC2(C)C3=CCC4(C)C5CCC(C(C)C)C5CCC4(C)C3CCC2C1(C)C. The summed E-state index contributed by atoms with van der Waals surface area (Å²) in [6, 6.07) is 0. The minimum atomic E-state index is 0.281. The number of hydrogen-bond donors (Lipinski definition) is 0. The van der Waals surface area contributed by atoms with E-state index in [2.05, 4.69) is 54.5 Å². The smallest absolute Gasteiger partial charge is 0.0625 e. The first-order chi connectivity index (χ1) is 14.5. The van der Waals surface area contributed by atoms with Gasteiger partial charge in [0.25, 0.3) is 0 Å². The molecule has 0 saturated heterocycles. The van der Waals surface area contributed by atoms with E-state index in [1.165, 1.54) is 57.8 Å². The third kappa shape index (κ3) is 2.77. The van der Waals surface area contributed by atoms with Crippen molar-refractivity contribution in [1.82, 2.24) is 0 Å². The van der Waals surface area contributed by atoms with Crippen molar-refractivity contribution in [2.75, 3.05) is 7.11 Å². The molecule has 9 atom stereocenters. The highest BCUT2D eigenvalue weighted by molar-refractivity contribution is 5.32. The molecule has 5 rings (SSSR count). The Morgan fingerprint density at radius 1 is 0.871 bits per heavy atom. The van der Waals surface area contributed by atoms with E-state index in [4.69, 9.17) is 4.74 Å². The van der Waals surface area contributed by atoms with Crippen LogP contribution in [0.5, 0.6) is 0 Å². The van der Waals surface area contributed by atoms with Crippen molar-refractivity contribution in [3.8, 4) is 0 Å². The number of hydrogen-bond acceptors (Lipinski definition) is 1. The van der Waals surface area contributed by atoms with Gasteiger partial charge in [-0.25, -0.2) is 0 Å². The molecule has 0 radical (unpaired) electrons. The van der Waals surface area contributed by atoms with Crippen LogP contribution in [0.4, 0.5) is 0 Å². The van der Waals surface area contributed by atoms with Crippen LogP contribution in [0.25, 0.3) is 0 Å². The highest BCUT2D eigenvalue weighted by Crippen LogP contribution is 2.73. The second-order valence-electron chi connectivity index (χ2n) is 14.2. The van der Waals surface area contributed by atoms with Crippen LogP contribution in [0.1, 0.15) is 106 Å². The van der Waals surface area contributed by atoms with Crippen LogP contribution >= 0.6 is 0 Å². The molecule has 1 nitrogen and oxygen atoms in total. The molecule has 0 heterocycles. The van der Waals surface area contributed by atoms with E-state index < -0.39 is 0 Å². The van der Waals surface area contributed by atoms with Crippen LogP contribution in [0, 0.1) is 57.2 Å². The molecule has 5 aliphatic rings. The Balaban J connectivity index is 1.52. The normalized spacial score (nSPS) is 53.3. The van der Waals surface area contributed by atoms with Crippen molar-refractivity contribution in [2.24, 2.45) is 57.2 Å². The number of ether oxygens (including phenoxy) is 1. The summed E-state index contributed by atoms with van der Waals surface area (Å²) in [6.45, 7) is 18.1. The molecular formula is C30H50O. The Morgan fingerprint density at radius 3 is 2.29 bits per heavy atom. The van der Waals surface area contributed by atoms with Gasteiger partial charge in [0.15, 0.2) is 0 Å². The minimum absolute atomic E-state index is 0.281. The molecule has 0 aromatic carbocycles. The highest BCUT2D eigenvalue weighted by atomic mass is 16.5. The van der Waals surface area contributed by atoms with Gasteiger partial charge in [-0.3, -0.25) is 0 Å². The summed E-state index contributed by atoms with van der Waals surface area (Å²) < 4.78 is 6.02. The predicted molar refractivity (Wildman–Crippen MR) is 131 cm³/mol. The van der Waals surface area contributed by atoms with E-state index in [1.54, 1.807) is 0 Å². The number of methoxy groups -OCH3 is 1. The van der Waals surface area contributed by atoms with Crippen LogP contribution in [-0.2, 0) is 4.74 Å². The maximum atomic E-state index is 6.02. The van der Waals surface area contributed by atoms with Gasteiger partial charge in [0, 0.05) is 7.11 Å². The predicted octanol–water partition coefficient (Wildman–Crippen LogP) is 8.29. The molecule has 0 aromatic rings. The molecule has 9 unspecified atom stereocenters. The first kappa shape index (κ1) is 22.5. The van der Waals surface area contributed by atoms with Crippen molar-refractivity contribution in [2.45, 2.75) is 112 Å². The van der Waals surface area contributed by atoms with Gasteiger partial charge >= 0.3 is 0 Å². The van der Waals surface area contributed by atoms with Crippen LogP contribution < -0.4 is 0 Å². The molecule has 4 saturated carbocycles. The lowest BCUT2D eigenvalue weighted by molar-refractivity contribution is -0.151. The summed E-state index contributed by atoms with van der Waals surface area (Å²) >= 11 is 0. The lowest BCUT2D eigenvalue weighted by Gasteiger charge is -2.68. The largest absolute Gasteiger partial charge is 0.381 e. The molecule has 0 amide bonds. The van der Waals surface area contributed by atoms with Gasteiger partial charge in [0.05, 0.1) is 6.10 Å². The topological polar surface area (TPSA) is 9.23 Å². The van der Waals surface area contributed by atoms with E-state index in [9.17, 15) is 0 Å². The molecule has 0 aromatic heterocycles. The van der Waals surface area contributed by atoms with E-state index in [-0.39, 0.29) is 5.41 Å². The van der Waals surface area contributed by atoms with E-state index in [0.29, 0.717) is 22.3 Å². The number of rotatable bonds is 2. The summed E-state index contributed by atoms with van der Waals surface area (Å²) in [6.07, 6.45) is 15.9. The number of fused-ring (bicyclic) bond motifs is 7. The van der Waals surface area contributed by atoms with Gasteiger partial charge in [0.1, 0.15) is 0 Å². The molecule has 0 bridgehead atoms.